The van der Waals surface area contributed by atoms with E-state index in [1.165, 1.54) is 0 Å². The number of nitrogens with two attached hydrogens (primary N) is 1. The van der Waals surface area contributed by atoms with Crippen LogP contribution in [0.4, 0.5) is 5.82 Å². The average molecular weight is 178 g/mol. The van der Waals surface area contributed by atoms with E-state index in [0.717, 1.165) is 5.56 Å². The Morgan fingerprint density at radius 1 is 1.69 bits per heavy atom. The maximum Gasteiger partial charge on any atom is 0.255 e. The fourth-order valence-corrected chi connectivity index (χ4v) is 1.43. The van der Waals surface area contributed by atoms with Crippen molar-refractivity contribution in [1.29, 1.82) is 0 Å². The van der Waals surface area contributed by atoms with Crippen LogP contribution in [0.25, 0.3) is 0 Å². The number of carbonyl (C=O) groups excluding carboxylic acids is 1. The molecule has 5 heteroatoms. The molecule has 1 aliphatic heterocycles. The minimum absolute atomic E-state index is 0.0195. The molecule has 0 aliphatic carbocycles. The van der Waals surface area contributed by atoms with Gasteiger partial charge in [0.25, 0.3) is 5.91 Å². The minimum atomic E-state index is 0.0195. The van der Waals surface area contributed by atoms with Crippen molar-refractivity contribution >= 4 is 11.7 Å². The Balaban J connectivity index is 2.46. The number of fused-ring (bicyclic) bond motifs is 1. The van der Waals surface area contributed by atoms with Gasteiger partial charge in [0.05, 0.1) is 5.56 Å². The highest BCUT2D eigenvalue weighted by molar-refractivity contribution is 5.98. The highest BCUT2D eigenvalue weighted by Gasteiger charge is 2.24. The maximum atomic E-state index is 11.4. The summed E-state index contributed by atoms with van der Waals surface area (Å²) in [6.07, 6.45) is 1.55. The molecule has 0 saturated heterocycles. The molecule has 2 rings (SSSR count). The zero-order valence-corrected chi connectivity index (χ0v) is 7.24. The lowest BCUT2D eigenvalue weighted by Crippen LogP contribution is -2.17. The lowest BCUT2D eigenvalue weighted by Gasteiger charge is -2.04. The first-order valence-electron chi connectivity index (χ1n) is 3.93. The molecule has 0 unspecified atom stereocenters. The maximum absolute atomic E-state index is 11.4. The second kappa shape index (κ2) is 2.70. The largest absolute Gasteiger partial charge is 0.337 e. The highest BCUT2D eigenvalue weighted by atomic mass is 16.2. The summed E-state index contributed by atoms with van der Waals surface area (Å²) >= 11 is 0. The molecule has 0 aromatic carbocycles. The number of pyridine rings is 1. The third-order valence-electron chi connectivity index (χ3n) is 2.12. The fourth-order valence-electron chi connectivity index (χ4n) is 1.43. The molecule has 68 valence electrons. The van der Waals surface area contributed by atoms with Crippen molar-refractivity contribution < 1.29 is 4.79 Å². The Morgan fingerprint density at radius 3 is 3.15 bits per heavy atom. The molecule has 0 atom stereocenters. The van der Waals surface area contributed by atoms with Gasteiger partial charge in [-0.1, -0.05) is 0 Å². The van der Waals surface area contributed by atoms with Gasteiger partial charge in [0.1, 0.15) is 5.82 Å². The van der Waals surface area contributed by atoms with Gasteiger partial charge >= 0.3 is 0 Å². The van der Waals surface area contributed by atoms with E-state index in [9.17, 15) is 4.79 Å². The summed E-state index contributed by atoms with van der Waals surface area (Å²) in [6.45, 7) is 0.630. The zero-order valence-electron chi connectivity index (χ0n) is 7.24. The summed E-state index contributed by atoms with van der Waals surface area (Å²) in [7, 11) is 1.76. The Bertz CT molecular complexity index is 363. The number of aromatic nitrogens is 1. The molecule has 0 saturated carbocycles. The summed E-state index contributed by atoms with van der Waals surface area (Å²) in [5.74, 6) is 5.81. The van der Waals surface area contributed by atoms with Gasteiger partial charge < -0.3 is 10.3 Å². The predicted molar refractivity (Wildman–Crippen MR) is 47.8 cm³/mol. The summed E-state index contributed by atoms with van der Waals surface area (Å²) in [6, 6.07) is 1.79. The van der Waals surface area contributed by atoms with Crippen molar-refractivity contribution in [2.45, 2.75) is 6.54 Å². The van der Waals surface area contributed by atoms with E-state index in [1.807, 2.05) is 0 Å². The molecule has 0 fully saturated rings. The Hall–Kier alpha value is -1.62. The number of nitrogens with one attached hydrogen (secondary N) is 1. The molecule has 0 spiro atoms. The molecule has 1 aromatic heterocycles. The van der Waals surface area contributed by atoms with E-state index in [-0.39, 0.29) is 5.91 Å². The number of hydrazine groups is 1. The van der Waals surface area contributed by atoms with Gasteiger partial charge in [-0.3, -0.25) is 4.79 Å². The van der Waals surface area contributed by atoms with Gasteiger partial charge in [0, 0.05) is 19.8 Å². The standard InChI is InChI=1S/C8H10N4O/c1-12-4-5-2-7(11-9)10-3-6(5)8(12)13/h2-3H,4,9H2,1H3,(H,10,11). The number of hydrogen-bond acceptors (Lipinski definition) is 4. The van der Waals surface area contributed by atoms with Crippen LogP contribution in [-0.4, -0.2) is 22.8 Å². The lowest BCUT2D eigenvalue weighted by molar-refractivity contribution is 0.0816. The van der Waals surface area contributed by atoms with E-state index in [4.69, 9.17) is 5.84 Å². The number of nitrogen functional groups attached to an aromatic ring is 1. The van der Waals surface area contributed by atoms with Gasteiger partial charge in [-0.2, -0.15) is 0 Å². The number of nitrogens with zero attached hydrogens (tertiary/aromatic N) is 2. The van der Waals surface area contributed by atoms with Crippen molar-refractivity contribution in [2.75, 3.05) is 12.5 Å². The van der Waals surface area contributed by atoms with Gasteiger partial charge in [-0.25, -0.2) is 10.8 Å². The molecule has 13 heavy (non-hydrogen) atoms. The summed E-state index contributed by atoms with van der Waals surface area (Å²) in [5, 5.41) is 0. The van der Waals surface area contributed by atoms with Gasteiger partial charge in [-0.05, 0) is 11.6 Å². The number of anilines is 1. The Labute approximate surface area is 75.5 Å². The van der Waals surface area contributed by atoms with E-state index < -0.39 is 0 Å². The topological polar surface area (TPSA) is 71.2 Å². The Kier molecular flexibility index (Phi) is 1.66. The molecule has 5 nitrogen and oxygen atoms in total. The van der Waals surface area contributed by atoms with E-state index in [1.54, 1.807) is 24.2 Å². The van der Waals surface area contributed by atoms with Crippen LogP contribution < -0.4 is 11.3 Å². The molecule has 0 bridgehead atoms. The van der Waals surface area contributed by atoms with Crippen LogP contribution in [0.2, 0.25) is 0 Å². The molecule has 0 radical (unpaired) electrons. The van der Waals surface area contributed by atoms with E-state index in [0.29, 0.717) is 17.9 Å². The average Bonchev–Trinajstić information content (AvgIpc) is 2.42. The van der Waals surface area contributed by atoms with Crippen LogP contribution in [-0.2, 0) is 6.54 Å². The van der Waals surface area contributed by atoms with Gasteiger partial charge in [0.15, 0.2) is 0 Å². The molecule has 3 N–H and O–H groups in total. The number of rotatable bonds is 1. The summed E-state index contributed by atoms with van der Waals surface area (Å²) < 4.78 is 0. The first-order chi connectivity index (χ1) is 6.22. The molecule has 1 aromatic rings. The third kappa shape index (κ3) is 1.13. The number of carbonyl (C=O) groups is 1. The summed E-state index contributed by atoms with van der Waals surface area (Å²) in [5.41, 5.74) is 4.08. The van der Waals surface area contributed by atoms with Crippen LogP contribution >= 0.6 is 0 Å². The first kappa shape index (κ1) is 8.00. The number of hydrogen-bond donors (Lipinski definition) is 2. The van der Waals surface area contributed by atoms with Crippen molar-refractivity contribution in [3.05, 3.63) is 23.4 Å². The Morgan fingerprint density at radius 2 is 2.46 bits per heavy atom. The van der Waals surface area contributed by atoms with Gasteiger partial charge in [-0.15, -0.1) is 0 Å². The van der Waals surface area contributed by atoms with E-state index in [2.05, 4.69) is 10.4 Å². The molecule has 1 amide bonds. The van der Waals surface area contributed by atoms with Crippen LogP contribution in [0, 0.1) is 0 Å². The smallest absolute Gasteiger partial charge is 0.255 e. The van der Waals surface area contributed by atoms with Crippen molar-refractivity contribution in [1.82, 2.24) is 9.88 Å². The normalized spacial score (nSPS) is 14.6. The minimum Gasteiger partial charge on any atom is -0.337 e. The van der Waals surface area contributed by atoms with Crippen LogP contribution in [0.15, 0.2) is 12.3 Å². The highest BCUT2D eigenvalue weighted by Crippen LogP contribution is 2.22. The second-order valence-electron chi connectivity index (χ2n) is 3.03. The van der Waals surface area contributed by atoms with Crippen LogP contribution in [0.5, 0.6) is 0 Å². The lowest BCUT2D eigenvalue weighted by atomic mass is 10.2. The monoisotopic (exact) mass is 178 g/mol. The van der Waals surface area contributed by atoms with Crippen molar-refractivity contribution in [3.8, 4) is 0 Å². The first-order valence-corrected chi connectivity index (χ1v) is 3.93. The molecular weight excluding hydrogens is 168 g/mol. The summed E-state index contributed by atoms with van der Waals surface area (Å²) in [4.78, 5) is 17.0. The van der Waals surface area contributed by atoms with Crippen molar-refractivity contribution in [3.63, 3.8) is 0 Å². The van der Waals surface area contributed by atoms with Crippen LogP contribution in [0.1, 0.15) is 15.9 Å². The molecular formula is C8H10N4O. The number of amides is 1. The second-order valence-corrected chi connectivity index (χ2v) is 3.03. The predicted octanol–water partition coefficient (Wildman–Crippen LogP) is -0.0472. The SMILES string of the molecule is CN1Cc2cc(NN)ncc2C1=O. The molecule has 1 aliphatic rings. The van der Waals surface area contributed by atoms with Crippen molar-refractivity contribution in [2.24, 2.45) is 5.84 Å². The fraction of sp³-hybridized carbons (Fsp3) is 0.250. The van der Waals surface area contributed by atoms with Crippen LogP contribution in [0.3, 0.4) is 0 Å². The third-order valence-corrected chi connectivity index (χ3v) is 2.12. The van der Waals surface area contributed by atoms with Gasteiger partial charge in [0.2, 0.25) is 0 Å². The molecule has 2 heterocycles. The quantitative estimate of drug-likeness (QED) is 0.467. The van der Waals surface area contributed by atoms with E-state index >= 15 is 0 Å². The zero-order chi connectivity index (χ0) is 9.42.